The summed E-state index contributed by atoms with van der Waals surface area (Å²) in [5.74, 6) is 1.18. The van der Waals surface area contributed by atoms with Crippen LogP contribution >= 0.6 is 0 Å². The van der Waals surface area contributed by atoms with Crippen LogP contribution < -0.4 is 16.4 Å². The Kier molecular flexibility index (Phi) is 3.17. The highest BCUT2D eigenvalue weighted by molar-refractivity contribution is 5.97. The van der Waals surface area contributed by atoms with E-state index in [4.69, 9.17) is 5.73 Å². The van der Waals surface area contributed by atoms with Gasteiger partial charge >= 0.3 is 0 Å². The maximum atomic E-state index is 6.58. The summed E-state index contributed by atoms with van der Waals surface area (Å²) in [5, 5.41) is 22.1. The van der Waals surface area contributed by atoms with Crippen molar-refractivity contribution in [3.63, 3.8) is 0 Å². The third-order valence-corrected chi connectivity index (χ3v) is 4.78. The van der Waals surface area contributed by atoms with Gasteiger partial charge in [0.05, 0.1) is 11.7 Å². The van der Waals surface area contributed by atoms with Gasteiger partial charge in [-0.2, -0.15) is 10.2 Å². The number of rotatable bonds is 3. The van der Waals surface area contributed by atoms with Gasteiger partial charge in [-0.3, -0.25) is 15.9 Å². The van der Waals surface area contributed by atoms with Crippen LogP contribution in [-0.4, -0.2) is 26.4 Å². The lowest BCUT2D eigenvalue weighted by Crippen LogP contribution is -2.44. The molecule has 1 unspecified atom stereocenters. The van der Waals surface area contributed by atoms with Gasteiger partial charge in [-0.05, 0) is 50.1 Å². The second-order valence-electron chi connectivity index (χ2n) is 7.02. The number of allylic oxidation sites excluding steroid dienone is 1. The molecule has 2 aromatic heterocycles. The van der Waals surface area contributed by atoms with E-state index in [0.29, 0.717) is 11.9 Å². The van der Waals surface area contributed by atoms with Gasteiger partial charge in [0.1, 0.15) is 5.69 Å². The summed E-state index contributed by atoms with van der Waals surface area (Å²) in [6, 6.07) is 7.98. The van der Waals surface area contributed by atoms with Gasteiger partial charge in [0, 0.05) is 28.4 Å². The maximum Gasteiger partial charge on any atom is 0.202 e. The number of H-pyrrole nitrogens is 2. The van der Waals surface area contributed by atoms with Crippen molar-refractivity contribution in [2.75, 3.05) is 5.32 Å². The summed E-state index contributed by atoms with van der Waals surface area (Å²) in [6.07, 6.45) is 6.10. The Morgan fingerprint density at radius 1 is 1.23 bits per heavy atom. The smallest absolute Gasteiger partial charge is 0.202 e. The molecular weight excluding hydrogens is 328 g/mol. The molecule has 1 saturated carbocycles. The van der Waals surface area contributed by atoms with Gasteiger partial charge in [-0.1, -0.05) is 0 Å². The van der Waals surface area contributed by atoms with E-state index < -0.39 is 5.66 Å². The fourth-order valence-electron chi connectivity index (χ4n) is 3.29. The number of aromatic nitrogens is 4. The van der Waals surface area contributed by atoms with Crippen molar-refractivity contribution in [3.8, 4) is 0 Å². The summed E-state index contributed by atoms with van der Waals surface area (Å²) in [6.45, 7) is 1.96. The predicted octanol–water partition coefficient (Wildman–Crippen LogP) is 2.25. The number of guanidine groups is 1. The molecule has 0 saturated heterocycles. The van der Waals surface area contributed by atoms with Crippen LogP contribution in [0, 0.1) is 0 Å². The lowest BCUT2D eigenvalue weighted by molar-refractivity contribution is 0.554. The van der Waals surface area contributed by atoms with Crippen LogP contribution in [0.3, 0.4) is 0 Å². The first-order valence-electron chi connectivity index (χ1n) is 8.70. The molecule has 5 rings (SSSR count). The van der Waals surface area contributed by atoms with Gasteiger partial charge in [0.25, 0.3) is 0 Å². The van der Waals surface area contributed by atoms with Crippen molar-refractivity contribution in [3.05, 3.63) is 53.6 Å². The fraction of sp³-hybridized carbons (Fsp3) is 0.278. The van der Waals surface area contributed by atoms with Crippen molar-refractivity contribution in [2.45, 2.75) is 31.3 Å². The number of nitrogens with two attached hydrogens (primary N) is 1. The Morgan fingerprint density at radius 2 is 2.12 bits per heavy atom. The highest BCUT2D eigenvalue weighted by Crippen LogP contribution is 2.40. The lowest BCUT2D eigenvalue weighted by atomic mass is 10.0. The molecule has 8 nitrogen and oxygen atoms in total. The topological polar surface area (TPSA) is 120 Å². The molecule has 0 radical (unpaired) electrons. The maximum absolute atomic E-state index is 6.58. The SMILES string of the molecule is CC1=CC(N)(c2cc(C3CC3)[nH]n2)N=C(Nc2ccc3[nH]ncc3c2)N1. The Hall–Kier alpha value is -3.13. The van der Waals surface area contributed by atoms with Crippen LogP contribution in [-0.2, 0) is 5.66 Å². The minimum atomic E-state index is -0.999. The second-order valence-corrected chi connectivity index (χ2v) is 7.02. The lowest BCUT2D eigenvalue weighted by Gasteiger charge is -2.27. The van der Waals surface area contributed by atoms with Gasteiger partial charge in [-0.15, -0.1) is 0 Å². The van der Waals surface area contributed by atoms with Crippen LogP contribution in [0.15, 0.2) is 47.2 Å². The fourth-order valence-corrected chi connectivity index (χ4v) is 3.29. The van der Waals surface area contributed by atoms with E-state index in [0.717, 1.165) is 33.7 Å². The molecule has 0 spiro atoms. The van der Waals surface area contributed by atoms with Crippen molar-refractivity contribution in [1.82, 2.24) is 25.7 Å². The van der Waals surface area contributed by atoms with E-state index in [-0.39, 0.29) is 0 Å². The molecule has 26 heavy (non-hydrogen) atoms. The first-order valence-corrected chi connectivity index (χ1v) is 8.70. The largest absolute Gasteiger partial charge is 0.330 e. The molecule has 132 valence electrons. The highest BCUT2D eigenvalue weighted by Gasteiger charge is 2.33. The van der Waals surface area contributed by atoms with Crippen molar-refractivity contribution in [2.24, 2.45) is 10.7 Å². The second kappa shape index (κ2) is 5.43. The Balaban J connectivity index is 1.45. The molecule has 1 aliphatic carbocycles. The molecule has 6 N–H and O–H groups in total. The number of anilines is 1. The van der Waals surface area contributed by atoms with Crippen LogP contribution in [0.1, 0.15) is 37.1 Å². The third-order valence-electron chi connectivity index (χ3n) is 4.78. The molecule has 2 aliphatic rings. The number of hydrogen-bond acceptors (Lipinski definition) is 6. The Morgan fingerprint density at radius 3 is 2.96 bits per heavy atom. The highest BCUT2D eigenvalue weighted by atomic mass is 15.3. The van der Waals surface area contributed by atoms with E-state index in [1.54, 1.807) is 6.20 Å². The summed E-state index contributed by atoms with van der Waals surface area (Å²) < 4.78 is 0. The van der Waals surface area contributed by atoms with Crippen LogP contribution in [0.5, 0.6) is 0 Å². The van der Waals surface area contributed by atoms with Gasteiger partial charge < -0.3 is 10.6 Å². The average molecular weight is 348 g/mol. The first-order chi connectivity index (χ1) is 12.6. The van der Waals surface area contributed by atoms with E-state index in [1.165, 1.54) is 12.8 Å². The van der Waals surface area contributed by atoms with Gasteiger partial charge in [-0.25, -0.2) is 4.99 Å². The number of hydrogen-bond donors (Lipinski definition) is 5. The van der Waals surface area contributed by atoms with Gasteiger partial charge in [0.2, 0.25) is 5.96 Å². The quantitative estimate of drug-likeness (QED) is 0.497. The molecular formula is C18H20N8. The third kappa shape index (κ3) is 2.64. The number of aliphatic imine (C=N–C) groups is 1. The normalized spacial score (nSPS) is 22.7. The molecule has 0 amide bonds. The first kappa shape index (κ1) is 15.2. The average Bonchev–Trinajstić information content (AvgIpc) is 3.14. The summed E-state index contributed by atoms with van der Waals surface area (Å²) >= 11 is 0. The van der Waals surface area contributed by atoms with Gasteiger partial charge in [0.15, 0.2) is 5.66 Å². The standard InChI is InChI=1S/C18H20N8/c1-10-8-18(19,16-7-15(25-26-16)11-2-3-11)23-17(21-10)22-13-4-5-14-12(6-13)9-20-24-14/h4-9,11H,2-3,19H2,1H3,(H,20,24)(H,25,26)(H2,21,22,23). The number of fused-ring (bicyclic) bond motifs is 1. The van der Waals surface area contributed by atoms with Crippen LogP contribution in [0.25, 0.3) is 10.9 Å². The molecule has 1 fully saturated rings. The summed E-state index contributed by atoms with van der Waals surface area (Å²) in [7, 11) is 0. The zero-order valence-corrected chi connectivity index (χ0v) is 14.4. The van der Waals surface area contributed by atoms with E-state index >= 15 is 0 Å². The number of nitrogens with one attached hydrogen (secondary N) is 4. The molecule has 1 aliphatic heterocycles. The molecule has 1 aromatic carbocycles. The van der Waals surface area contributed by atoms with Crippen LogP contribution in [0.2, 0.25) is 0 Å². The zero-order valence-electron chi connectivity index (χ0n) is 14.4. The number of aromatic amines is 2. The molecule has 0 bridgehead atoms. The molecule has 8 heteroatoms. The Bertz CT molecular complexity index is 1040. The molecule has 1 atom stereocenters. The number of benzene rings is 1. The zero-order chi connectivity index (χ0) is 17.7. The Labute approximate surface area is 150 Å². The van der Waals surface area contributed by atoms with Crippen LogP contribution in [0.4, 0.5) is 5.69 Å². The van der Waals surface area contributed by atoms with E-state index in [1.807, 2.05) is 37.3 Å². The van der Waals surface area contributed by atoms with E-state index in [9.17, 15) is 0 Å². The number of nitrogens with zero attached hydrogens (tertiary/aromatic N) is 3. The monoisotopic (exact) mass is 348 g/mol. The van der Waals surface area contributed by atoms with Crippen molar-refractivity contribution in [1.29, 1.82) is 0 Å². The van der Waals surface area contributed by atoms with Crippen molar-refractivity contribution < 1.29 is 0 Å². The minimum Gasteiger partial charge on any atom is -0.330 e. The van der Waals surface area contributed by atoms with Crippen molar-refractivity contribution >= 4 is 22.5 Å². The summed E-state index contributed by atoms with van der Waals surface area (Å²) in [4.78, 5) is 4.68. The van der Waals surface area contributed by atoms with E-state index in [2.05, 4.69) is 36.0 Å². The summed E-state index contributed by atoms with van der Waals surface area (Å²) in [5.41, 5.74) is 10.3. The molecule has 3 heterocycles. The molecule has 3 aromatic rings. The predicted molar refractivity (Wildman–Crippen MR) is 100 cm³/mol. The minimum absolute atomic E-state index is 0.589.